The monoisotopic (exact) mass is 380 g/mol. The van der Waals surface area contributed by atoms with Crippen LogP contribution in [0.2, 0.25) is 0 Å². The summed E-state index contributed by atoms with van der Waals surface area (Å²) in [7, 11) is 1.69. The molecule has 2 aromatic rings. The van der Waals surface area contributed by atoms with Gasteiger partial charge in [0.2, 0.25) is 0 Å². The number of ether oxygens (including phenoxy) is 1. The maximum Gasteiger partial charge on any atom is 0.282 e. The first-order valence-electron chi connectivity index (χ1n) is 10.3. The Bertz CT molecular complexity index is 826. The highest BCUT2D eigenvalue weighted by Gasteiger charge is 2.29. The van der Waals surface area contributed by atoms with Crippen molar-refractivity contribution in [2.45, 2.75) is 32.2 Å². The van der Waals surface area contributed by atoms with Gasteiger partial charge in [-0.25, -0.2) is 0 Å². The molecule has 1 fully saturated rings. The summed E-state index contributed by atoms with van der Waals surface area (Å²) in [5.41, 5.74) is 4.99. The van der Waals surface area contributed by atoms with Crippen LogP contribution in [-0.4, -0.2) is 45.2 Å². The number of fused-ring (bicyclic) bond motifs is 1. The highest BCUT2D eigenvalue weighted by Crippen LogP contribution is 2.25. The minimum absolute atomic E-state index is 0.0497. The van der Waals surface area contributed by atoms with Gasteiger partial charge in [-0.05, 0) is 73.7 Å². The number of methoxy groups -OCH3 is 1. The zero-order chi connectivity index (χ0) is 19.5. The molecule has 2 aromatic carbocycles. The molecule has 0 unspecified atom stereocenters. The first-order valence-corrected chi connectivity index (χ1v) is 10.3. The number of carbonyl (C=O) groups excluding carboxylic acids is 1. The van der Waals surface area contributed by atoms with E-state index in [9.17, 15) is 4.79 Å². The molecule has 1 aliphatic carbocycles. The number of amides is 1. The third kappa shape index (κ3) is 3.99. The summed E-state index contributed by atoms with van der Waals surface area (Å²) in [6, 6.07) is 14.5. The Labute approximate surface area is 167 Å². The van der Waals surface area contributed by atoms with Gasteiger partial charge in [-0.3, -0.25) is 4.79 Å². The normalized spacial score (nSPS) is 17.9. The number of quaternary nitrogens is 1. The van der Waals surface area contributed by atoms with Gasteiger partial charge in [0.15, 0.2) is 6.04 Å². The van der Waals surface area contributed by atoms with Crippen molar-refractivity contribution in [3.8, 4) is 5.75 Å². The van der Waals surface area contributed by atoms with Crippen LogP contribution in [0.25, 0.3) is 0 Å². The fraction of sp³-hybridized carbons (Fsp3) is 0.435. The molecule has 28 heavy (non-hydrogen) atoms. The molecule has 1 saturated heterocycles. The molecular weight excluding hydrogens is 350 g/mol. The molecule has 5 heteroatoms. The third-order valence-corrected chi connectivity index (χ3v) is 6.21. The lowest BCUT2D eigenvalue weighted by molar-refractivity contribution is -0.914. The molecular formula is C23H30N3O2+. The second-order valence-corrected chi connectivity index (χ2v) is 7.89. The Balaban J connectivity index is 1.31. The molecule has 0 radical (unpaired) electrons. The molecule has 2 N–H and O–H groups in total. The van der Waals surface area contributed by atoms with E-state index in [0.29, 0.717) is 0 Å². The summed E-state index contributed by atoms with van der Waals surface area (Å²) in [4.78, 5) is 16.5. The van der Waals surface area contributed by atoms with Crippen LogP contribution < -0.4 is 19.9 Å². The van der Waals surface area contributed by atoms with E-state index in [1.165, 1.54) is 34.6 Å². The number of benzene rings is 2. The minimum atomic E-state index is -0.0497. The van der Waals surface area contributed by atoms with Gasteiger partial charge in [-0.15, -0.1) is 0 Å². The molecule has 1 amide bonds. The molecule has 1 aliphatic heterocycles. The van der Waals surface area contributed by atoms with E-state index in [1.807, 2.05) is 25.1 Å². The lowest BCUT2D eigenvalue weighted by atomic mass is 10.1. The van der Waals surface area contributed by atoms with Crippen LogP contribution in [0.5, 0.6) is 5.75 Å². The zero-order valence-corrected chi connectivity index (χ0v) is 16.8. The maximum absolute atomic E-state index is 12.8. The van der Waals surface area contributed by atoms with Gasteiger partial charge in [0.25, 0.3) is 5.91 Å². The molecule has 2 aliphatic rings. The number of hydrogen-bond acceptors (Lipinski definition) is 3. The first-order chi connectivity index (χ1) is 13.6. The number of hydrogen-bond donors (Lipinski definition) is 2. The van der Waals surface area contributed by atoms with E-state index in [4.69, 9.17) is 4.74 Å². The van der Waals surface area contributed by atoms with Gasteiger partial charge < -0.3 is 19.9 Å². The van der Waals surface area contributed by atoms with Crippen molar-refractivity contribution in [2.24, 2.45) is 0 Å². The molecule has 0 aromatic heterocycles. The van der Waals surface area contributed by atoms with Gasteiger partial charge in [0, 0.05) is 11.4 Å². The lowest BCUT2D eigenvalue weighted by Gasteiger charge is -2.36. The molecule has 1 atom stereocenters. The lowest BCUT2D eigenvalue weighted by Crippen LogP contribution is -3.19. The number of nitrogens with one attached hydrogen (secondary N) is 2. The minimum Gasteiger partial charge on any atom is -0.497 e. The standard InChI is InChI=1S/C23H29N3O2/c1-17(23(27)24-20-7-6-18-4-3-5-19(18)16-20)25-12-14-26(15-13-25)21-8-10-22(28-2)11-9-21/h6-11,16-17H,3-5,12-15H2,1-2H3,(H,24,27)/p+1/t17-/m0/s1. The summed E-state index contributed by atoms with van der Waals surface area (Å²) >= 11 is 0. The largest absolute Gasteiger partial charge is 0.497 e. The fourth-order valence-electron chi connectivity index (χ4n) is 4.36. The Morgan fingerprint density at radius 1 is 1.07 bits per heavy atom. The van der Waals surface area contributed by atoms with Crippen molar-refractivity contribution in [2.75, 3.05) is 43.5 Å². The van der Waals surface area contributed by atoms with E-state index in [2.05, 4.69) is 34.5 Å². The van der Waals surface area contributed by atoms with E-state index in [1.54, 1.807) is 7.11 Å². The Kier molecular flexibility index (Phi) is 5.53. The van der Waals surface area contributed by atoms with Gasteiger partial charge in [0.1, 0.15) is 5.75 Å². The average Bonchev–Trinajstić information content (AvgIpc) is 3.21. The van der Waals surface area contributed by atoms with Crippen LogP contribution in [0.3, 0.4) is 0 Å². The predicted molar refractivity (Wildman–Crippen MR) is 112 cm³/mol. The molecule has 1 heterocycles. The van der Waals surface area contributed by atoms with Crippen molar-refractivity contribution < 1.29 is 14.4 Å². The maximum atomic E-state index is 12.8. The predicted octanol–water partition coefficient (Wildman–Crippen LogP) is 1.92. The third-order valence-electron chi connectivity index (χ3n) is 6.21. The number of carbonyl (C=O) groups is 1. The summed E-state index contributed by atoms with van der Waals surface area (Å²) in [5.74, 6) is 0.996. The number of rotatable bonds is 5. The molecule has 148 valence electrons. The van der Waals surface area contributed by atoms with Gasteiger partial charge >= 0.3 is 0 Å². The number of anilines is 2. The molecule has 0 bridgehead atoms. The van der Waals surface area contributed by atoms with Crippen LogP contribution in [0.15, 0.2) is 42.5 Å². The van der Waals surface area contributed by atoms with E-state index >= 15 is 0 Å². The van der Waals surface area contributed by atoms with Crippen molar-refractivity contribution in [1.82, 2.24) is 0 Å². The fourth-order valence-corrected chi connectivity index (χ4v) is 4.36. The topological polar surface area (TPSA) is 46.0 Å². The van der Waals surface area contributed by atoms with E-state index < -0.39 is 0 Å². The highest BCUT2D eigenvalue weighted by atomic mass is 16.5. The van der Waals surface area contributed by atoms with Crippen LogP contribution in [-0.2, 0) is 17.6 Å². The molecule has 5 nitrogen and oxygen atoms in total. The van der Waals surface area contributed by atoms with Gasteiger partial charge in [-0.2, -0.15) is 0 Å². The first kappa shape index (κ1) is 18.8. The summed E-state index contributed by atoms with van der Waals surface area (Å²) in [6.07, 6.45) is 3.53. The second-order valence-electron chi connectivity index (χ2n) is 7.89. The number of piperazine rings is 1. The van der Waals surface area contributed by atoms with Crippen LogP contribution >= 0.6 is 0 Å². The Morgan fingerprint density at radius 3 is 2.50 bits per heavy atom. The van der Waals surface area contributed by atoms with Crippen molar-refractivity contribution in [3.05, 3.63) is 53.6 Å². The van der Waals surface area contributed by atoms with Gasteiger partial charge in [0.05, 0.1) is 33.3 Å². The number of aryl methyl sites for hydroxylation is 2. The van der Waals surface area contributed by atoms with Crippen LogP contribution in [0.4, 0.5) is 11.4 Å². The summed E-state index contributed by atoms with van der Waals surface area (Å²) in [5, 5.41) is 3.14. The second kappa shape index (κ2) is 8.23. The van der Waals surface area contributed by atoms with E-state index in [-0.39, 0.29) is 11.9 Å². The van der Waals surface area contributed by atoms with Crippen molar-refractivity contribution >= 4 is 17.3 Å². The van der Waals surface area contributed by atoms with Crippen LogP contribution in [0.1, 0.15) is 24.5 Å². The Hall–Kier alpha value is -2.53. The van der Waals surface area contributed by atoms with Crippen molar-refractivity contribution in [1.29, 1.82) is 0 Å². The summed E-state index contributed by atoms with van der Waals surface area (Å²) in [6.45, 7) is 5.88. The zero-order valence-electron chi connectivity index (χ0n) is 16.8. The average molecular weight is 381 g/mol. The summed E-state index contributed by atoms with van der Waals surface area (Å²) < 4.78 is 5.24. The van der Waals surface area contributed by atoms with Crippen molar-refractivity contribution in [3.63, 3.8) is 0 Å². The number of nitrogens with zero attached hydrogens (tertiary/aromatic N) is 1. The Morgan fingerprint density at radius 2 is 1.79 bits per heavy atom. The SMILES string of the molecule is COc1ccc(N2CC[NH+]([C@@H](C)C(=O)Nc3ccc4c(c3)CCC4)CC2)cc1. The molecule has 0 spiro atoms. The quantitative estimate of drug-likeness (QED) is 0.833. The van der Waals surface area contributed by atoms with E-state index in [0.717, 1.165) is 44.0 Å². The highest BCUT2D eigenvalue weighted by molar-refractivity contribution is 5.93. The van der Waals surface area contributed by atoms with Crippen LogP contribution in [0, 0.1) is 0 Å². The smallest absolute Gasteiger partial charge is 0.282 e. The molecule has 4 rings (SSSR count). The molecule has 0 saturated carbocycles. The van der Waals surface area contributed by atoms with Gasteiger partial charge in [-0.1, -0.05) is 6.07 Å².